The highest BCUT2D eigenvalue weighted by atomic mass is 16.4. The molecule has 3 heteroatoms. The van der Waals surface area contributed by atoms with Crippen LogP contribution in [0.5, 0.6) is 0 Å². The van der Waals surface area contributed by atoms with Gasteiger partial charge in [-0.25, -0.2) is 4.79 Å². The van der Waals surface area contributed by atoms with Crippen molar-refractivity contribution in [3.63, 3.8) is 0 Å². The van der Waals surface area contributed by atoms with E-state index in [-0.39, 0.29) is 0 Å². The first-order chi connectivity index (χ1) is 5.79. The largest absolute Gasteiger partial charge is 0.464 e. The second-order valence-electron chi connectivity index (χ2n) is 2.53. The van der Waals surface area contributed by atoms with Gasteiger partial charge in [0.15, 0.2) is 0 Å². The third-order valence-corrected chi connectivity index (χ3v) is 1.80. The van der Waals surface area contributed by atoms with E-state index in [1.54, 1.807) is 12.1 Å². The Bertz CT molecular complexity index is 392. The van der Waals surface area contributed by atoms with E-state index in [0.29, 0.717) is 0 Å². The number of nitrogens with zero attached hydrogens (tertiary/aromatic N) is 1. The zero-order valence-corrected chi connectivity index (χ0v) is 6.27. The summed E-state index contributed by atoms with van der Waals surface area (Å²) in [6.07, 6.45) is 0.580. The van der Waals surface area contributed by atoms with Gasteiger partial charge in [-0.15, -0.1) is 0 Å². The van der Waals surface area contributed by atoms with Gasteiger partial charge < -0.3 is 5.11 Å². The summed E-state index contributed by atoms with van der Waals surface area (Å²) in [6.45, 7) is 0. The third kappa shape index (κ3) is 0.871. The maximum absolute atomic E-state index is 10.7. The lowest BCUT2D eigenvalue weighted by molar-refractivity contribution is 0.196. The highest BCUT2D eigenvalue weighted by Gasteiger charge is 2.08. The summed E-state index contributed by atoms with van der Waals surface area (Å²) in [4.78, 5) is 10.7. The fraction of sp³-hybridized carbons (Fsp3) is 0. The van der Waals surface area contributed by atoms with Gasteiger partial charge in [-0.2, -0.15) is 0 Å². The van der Waals surface area contributed by atoms with Gasteiger partial charge in [0, 0.05) is 6.20 Å². The summed E-state index contributed by atoms with van der Waals surface area (Å²) in [7, 11) is 0. The number of hydrogen-bond acceptors (Lipinski definition) is 1. The normalized spacial score (nSPS) is 10.3. The lowest BCUT2D eigenvalue weighted by Gasteiger charge is -2.05. The Hall–Kier alpha value is -1.77. The quantitative estimate of drug-likeness (QED) is 0.643. The van der Waals surface area contributed by atoms with Gasteiger partial charge in [0.1, 0.15) is 0 Å². The molecule has 0 fully saturated rings. The van der Waals surface area contributed by atoms with E-state index in [4.69, 9.17) is 5.11 Å². The molecular weight excluding hydrogens is 154 g/mol. The van der Waals surface area contributed by atoms with Gasteiger partial charge in [0.25, 0.3) is 0 Å². The number of fused-ring (bicyclic) bond motifs is 1. The molecule has 0 spiro atoms. The summed E-state index contributed by atoms with van der Waals surface area (Å²) >= 11 is 0. The van der Waals surface area contributed by atoms with Crippen LogP contribution in [0.2, 0.25) is 0 Å². The lowest BCUT2D eigenvalue weighted by Crippen LogP contribution is -2.09. The predicted octanol–water partition coefficient (Wildman–Crippen LogP) is 2.12. The molecule has 2 aliphatic rings. The SMILES string of the molecule is O=C(O)n1cccc2cccc1-2. The van der Waals surface area contributed by atoms with E-state index in [0.717, 1.165) is 11.3 Å². The molecule has 2 rings (SSSR count). The Morgan fingerprint density at radius 1 is 1.25 bits per heavy atom. The fourth-order valence-electron chi connectivity index (χ4n) is 1.26. The second-order valence-corrected chi connectivity index (χ2v) is 2.53. The Morgan fingerprint density at radius 2 is 2.00 bits per heavy atom. The molecule has 1 N–H and O–H groups in total. The molecule has 0 saturated heterocycles. The number of hydrogen-bond donors (Lipinski definition) is 1. The number of pyridine rings is 1. The van der Waals surface area contributed by atoms with Crippen molar-refractivity contribution in [3.05, 3.63) is 36.5 Å². The Balaban J connectivity index is 2.71. The van der Waals surface area contributed by atoms with E-state index in [9.17, 15) is 4.79 Å². The van der Waals surface area contributed by atoms with Gasteiger partial charge in [-0.3, -0.25) is 4.57 Å². The van der Waals surface area contributed by atoms with Crippen LogP contribution in [0, 0.1) is 0 Å². The minimum absolute atomic E-state index is 0.727. The third-order valence-electron chi connectivity index (χ3n) is 1.80. The van der Waals surface area contributed by atoms with Crippen molar-refractivity contribution in [1.82, 2.24) is 4.57 Å². The Morgan fingerprint density at radius 3 is 2.75 bits per heavy atom. The monoisotopic (exact) mass is 161 g/mol. The van der Waals surface area contributed by atoms with Crippen molar-refractivity contribution in [2.45, 2.75) is 0 Å². The molecule has 3 nitrogen and oxygen atoms in total. The van der Waals surface area contributed by atoms with Crippen LogP contribution in [0.3, 0.4) is 0 Å². The smallest absolute Gasteiger partial charge is 0.415 e. The number of rotatable bonds is 0. The molecular formula is C9H7NO2. The van der Waals surface area contributed by atoms with Crippen LogP contribution in [0.1, 0.15) is 0 Å². The molecule has 0 atom stereocenters. The number of carboxylic acid groups (broad SMARTS) is 1. The van der Waals surface area contributed by atoms with Crippen molar-refractivity contribution in [2.24, 2.45) is 0 Å². The molecule has 1 aliphatic carbocycles. The van der Waals surface area contributed by atoms with Crippen LogP contribution in [0.4, 0.5) is 4.79 Å². The van der Waals surface area contributed by atoms with E-state index in [2.05, 4.69) is 0 Å². The van der Waals surface area contributed by atoms with Gasteiger partial charge >= 0.3 is 6.09 Å². The predicted molar refractivity (Wildman–Crippen MR) is 44.5 cm³/mol. The zero-order valence-electron chi connectivity index (χ0n) is 6.27. The summed E-state index contributed by atoms with van der Waals surface area (Å²) in [5, 5.41) is 8.76. The van der Waals surface area contributed by atoms with E-state index < -0.39 is 6.09 Å². The maximum atomic E-state index is 10.7. The van der Waals surface area contributed by atoms with Crippen molar-refractivity contribution >= 4 is 6.09 Å². The van der Waals surface area contributed by atoms with E-state index in [1.807, 2.05) is 18.2 Å². The van der Waals surface area contributed by atoms with Crippen LogP contribution in [0.15, 0.2) is 36.5 Å². The summed E-state index contributed by atoms with van der Waals surface area (Å²) in [6, 6.07) is 9.10. The first-order valence-corrected chi connectivity index (χ1v) is 3.58. The van der Waals surface area contributed by atoms with Crippen molar-refractivity contribution in [1.29, 1.82) is 0 Å². The first kappa shape index (κ1) is 6.91. The van der Waals surface area contributed by atoms with Crippen molar-refractivity contribution in [3.8, 4) is 11.3 Å². The maximum Gasteiger partial charge on any atom is 0.415 e. The molecule has 0 saturated carbocycles. The Labute approximate surface area is 69.2 Å². The summed E-state index contributed by atoms with van der Waals surface area (Å²) in [5.41, 5.74) is 1.67. The van der Waals surface area contributed by atoms with E-state index >= 15 is 0 Å². The molecule has 0 aromatic heterocycles. The highest BCUT2D eigenvalue weighted by molar-refractivity contribution is 5.77. The van der Waals surface area contributed by atoms with Gasteiger partial charge in [-0.1, -0.05) is 18.2 Å². The molecule has 0 radical (unpaired) electrons. The molecule has 0 amide bonds. The lowest BCUT2D eigenvalue weighted by atomic mass is 10.2. The average Bonchev–Trinajstić information content (AvgIpc) is 2.49. The topological polar surface area (TPSA) is 42.2 Å². The molecule has 0 aromatic carbocycles. The second kappa shape index (κ2) is 2.37. The Kier molecular flexibility index (Phi) is 1.37. The molecule has 0 bridgehead atoms. The molecule has 0 aromatic rings. The van der Waals surface area contributed by atoms with Gasteiger partial charge in [0.05, 0.1) is 5.69 Å². The van der Waals surface area contributed by atoms with Crippen LogP contribution >= 0.6 is 0 Å². The standard InChI is InChI=1S/C9H7NO2/c11-9(12)10-6-2-4-7-3-1-5-8(7)10/h1-6H,(H,11,12). The summed E-state index contributed by atoms with van der Waals surface area (Å²) < 4.78 is 1.20. The van der Waals surface area contributed by atoms with Crippen LogP contribution in [-0.4, -0.2) is 15.8 Å². The van der Waals surface area contributed by atoms with Crippen LogP contribution in [0.25, 0.3) is 11.3 Å². The van der Waals surface area contributed by atoms with Crippen molar-refractivity contribution < 1.29 is 9.90 Å². The molecule has 1 aliphatic heterocycles. The molecule has 0 unspecified atom stereocenters. The fourth-order valence-corrected chi connectivity index (χ4v) is 1.26. The van der Waals surface area contributed by atoms with Gasteiger partial charge in [0.2, 0.25) is 0 Å². The first-order valence-electron chi connectivity index (χ1n) is 3.58. The van der Waals surface area contributed by atoms with Crippen LogP contribution < -0.4 is 0 Å². The summed E-state index contributed by atoms with van der Waals surface area (Å²) in [5.74, 6) is 0. The number of aromatic nitrogens is 1. The number of carbonyl (C=O) groups is 1. The highest BCUT2D eigenvalue weighted by Crippen LogP contribution is 2.21. The minimum atomic E-state index is -0.952. The van der Waals surface area contributed by atoms with Gasteiger partial charge in [-0.05, 0) is 17.7 Å². The average molecular weight is 161 g/mol. The molecule has 12 heavy (non-hydrogen) atoms. The molecule has 60 valence electrons. The minimum Gasteiger partial charge on any atom is -0.464 e. The zero-order chi connectivity index (χ0) is 8.55. The van der Waals surface area contributed by atoms with E-state index in [1.165, 1.54) is 10.8 Å². The molecule has 1 heterocycles. The van der Waals surface area contributed by atoms with Crippen molar-refractivity contribution in [2.75, 3.05) is 0 Å². The van der Waals surface area contributed by atoms with Crippen LogP contribution in [-0.2, 0) is 0 Å².